The van der Waals surface area contributed by atoms with Crippen LogP contribution >= 0.6 is 11.6 Å². The summed E-state index contributed by atoms with van der Waals surface area (Å²) in [6.07, 6.45) is 0. The second-order valence-electron chi connectivity index (χ2n) is 5.76. The third kappa shape index (κ3) is 4.51. The molecule has 0 saturated heterocycles. The molecule has 2 aromatic rings. The van der Waals surface area contributed by atoms with Gasteiger partial charge in [-0.15, -0.1) is 0 Å². The molecule has 25 heavy (non-hydrogen) atoms. The second kappa shape index (κ2) is 8.03. The fourth-order valence-corrected chi connectivity index (χ4v) is 2.98. The van der Waals surface area contributed by atoms with Gasteiger partial charge in [0, 0.05) is 6.92 Å². The summed E-state index contributed by atoms with van der Waals surface area (Å²) < 4.78 is 5.28. The lowest BCUT2D eigenvalue weighted by atomic mass is 10.1. The molecule has 132 valence electrons. The van der Waals surface area contributed by atoms with Crippen molar-refractivity contribution in [1.82, 2.24) is 0 Å². The van der Waals surface area contributed by atoms with E-state index >= 15 is 0 Å². The predicted molar refractivity (Wildman–Crippen MR) is 101 cm³/mol. The van der Waals surface area contributed by atoms with E-state index in [1.54, 1.807) is 30.3 Å². The van der Waals surface area contributed by atoms with E-state index in [0.717, 1.165) is 11.1 Å². The van der Waals surface area contributed by atoms with Gasteiger partial charge in [-0.25, -0.2) is 0 Å². The first-order chi connectivity index (χ1) is 11.8. The number of amides is 2. The highest BCUT2D eigenvalue weighted by Gasteiger charge is 2.20. The van der Waals surface area contributed by atoms with Crippen LogP contribution in [0.4, 0.5) is 11.4 Å². The Morgan fingerprint density at radius 3 is 2.48 bits per heavy atom. The maximum absolute atomic E-state index is 12.5. The summed E-state index contributed by atoms with van der Waals surface area (Å²) in [7, 11) is 1.52. The molecule has 0 atom stereocenters. The highest BCUT2D eigenvalue weighted by atomic mass is 35.5. The molecule has 0 aliphatic rings. The monoisotopic (exact) mass is 360 g/mol. The quantitative estimate of drug-likeness (QED) is 0.878. The Morgan fingerprint density at radius 2 is 1.88 bits per heavy atom. The molecule has 2 rings (SSSR count). The lowest BCUT2D eigenvalue weighted by molar-refractivity contribution is -0.120. The van der Waals surface area contributed by atoms with Gasteiger partial charge in [0.25, 0.3) is 0 Å². The molecule has 0 saturated carbocycles. The summed E-state index contributed by atoms with van der Waals surface area (Å²) in [6, 6.07) is 10.8. The van der Waals surface area contributed by atoms with Crippen LogP contribution in [0.2, 0.25) is 5.02 Å². The SMILES string of the molecule is COc1ccccc1N(CC(=O)Nc1c(C)cc(C)cc1Cl)C(C)=O. The van der Waals surface area contributed by atoms with Crippen molar-refractivity contribution < 1.29 is 14.3 Å². The number of nitrogens with one attached hydrogen (secondary N) is 1. The Morgan fingerprint density at radius 1 is 1.20 bits per heavy atom. The Balaban J connectivity index is 2.23. The maximum atomic E-state index is 12.5. The molecule has 0 radical (unpaired) electrons. The van der Waals surface area contributed by atoms with Crippen LogP contribution < -0.4 is 15.0 Å². The highest BCUT2D eigenvalue weighted by molar-refractivity contribution is 6.34. The van der Waals surface area contributed by atoms with Crippen LogP contribution in [0.15, 0.2) is 36.4 Å². The van der Waals surface area contributed by atoms with Crippen molar-refractivity contribution in [2.24, 2.45) is 0 Å². The number of rotatable bonds is 5. The first kappa shape index (κ1) is 18.8. The van der Waals surface area contributed by atoms with Crippen molar-refractivity contribution in [2.45, 2.75) is 20.8 Å². The van der Waals surface area contributed by atoms with Crippen LogP contribution in [-0.4, -0.2) is 25.5 Å². The van der Waals surface area contributed by atoms with Crippen molar-refractivity contribution in [3.63, 3.8) is 0 Å². The number of anilines is 2. The van der Waals surface area contributed by atoms with E-state index in [9.17, 15) is 9.59 Å². The number of nitrogens with zero attached hydrogens (tertiary/aromatic N) is 1. The van der Waals surface area contributed by atoms with Gasteiger partial charge in [-0.2, -0.15) is 0 Å². The molecule has 6 heteroatoms. The molecular weight excluding hydrogens is 340 g/mol. The zero-order valence-electron chi connectivity index (χ0n) is 14.7. The Labute approximate surface area is 152 Å². The number of hydrogen-bond donors (Lipinski definition) is 1. The van der Waals surface area contributed by atoms with Gasteiger partial charge < -0.3 is 10.1 Å². The predicted octanol–water partition coefficient (Wildman–Crippen LogP) is 3.96. The number of carbonyl (C=O) groups excluding carboxylic acids is 2. The number of methoxy groups -OCH3 is 1. The number of halogens is 1. The van der Waals surface area contributed by atoms with Crippen molar-refractivity contribution >= 4 is 34.8 Å². The van der Waals surface area contributed by atoms with E-state index in [0.29, 0.717) is 22.1 Å². The summed E-state index contributed by atoms with van der Waals surface area (Å²) in [5.41, 5.74) is 2.98. The van der Waals surface area contributed by atoms with E-state index in [4.69, 9.17) is 16.3 Å². The smallest absolute Gasteiger partial charge is 0.244 e. The van der Waals surface area contributed by atoms with Crippen molar-refractivity contribution in [3.05, 3.63) is 52.5 Å². The first-order valence-electron chi connectivity index (χ1n) is 7.81. The molecule has 0 heterocycles. The van der Waals surface area contributed by atoms with Crippen LogP contribution in [0.3, 0.4) is 0 Å². The minimum Gasteiger partial charge on any atom is -0.495 e. The fraction of sp³-hybridized carbons (Fsp3) is 0.263. The highest BCUT2D eigenvalue weighted by Crippen LogP contribution is 2.29. The zero-order valence-corrected chi connectivity index (χ0v) is 15.5. The summed E-state index contributed by atoms with van der Waals surface area (Å²) in [5.74, 6) is -0.0728. The number of ether oxygens (including phenoxy) is 1. The van der Waals surface area contributed by atoms with Crippen LogP contribution in [0.25, 0.3) is 0 Å². The molecule has 0 fully saturated rings. The summed E-state index contributed by atoms with van der Waals surface area (Å²) in [5, 5.41) is 3.26. The Bertz CT molecular complexity index is 782. The topological polar surface area (TPSA) is 58.6 Å². The molecule has 0 aromatic heterocycles. The van der Waals surface area contributed by atoms with Crippen LogP contribution in [-0.2, 0) is 9.59 Å². The summed E-state index contributed by atoms with van der Waals surface area (Å²) in [4.78, 5) is 25.9. The van der Waals surface area contributed by atoms with E-state index in [1.807, 2.05) is 19.9 Å². The molecule has 1 N–H and O–H groups in total. The average molecular weight is 361 g/mol. The molecule has 0 bridgehead atoms. The van der Waals surface area contributed by atoms with Crippen molar-refractivity contribution in [1.29, 1.82) is 0 Å². The van der Waals surface area contributed by atoms with Crippen LogP contribution in [0, 0.1) is 13.8 Å². The van der Waals surface area contributed by atoms with Crippen molar-refractivity contribution in [2.75, 3.05) is 23.9 Å². The van der Waals surface area contributed by atoms with Crippen LogP contribution in [0.1, 0.15) is 18.1 Å². The molecule has 2 aromatic carbocycles. The first-order valence-corrected chi connectivity index (χ1v) is 8.19. The third-order valence-corrected chi connectivity index (χ3v) is 4.05. The van der Waals surface area contributed by atoms with Gasteiger partial charge in [-0.3, -0.25) is 14.5 Å². The normalized spacial score (nSPS) is 10.3. The van der Waals surface area contributed by atoms with E-state index in [1.165, 1.54) is 18.9 Å². The number of hydrogen-bond acceptors (Lipinski definition) is 3. The van der Waals surface area contributed by atoms with Gasteiger partial charge in [0.2, 0.25) is 11.8 Å². The van der Waals surface area contributed by atoms with Gasteiger partial charge in [-0.05, 0) is 43.2 Å². The molecule has 5 nitrogen and oxygen atoms in total. The number of benzene rings is 2. The molecule has 2 amide bonds. The molecule has 0 aliphatic carbocycles. The van der Waals surface area contributed by atoms with Crippen molar-refractivity contribution in [3.8, 4) is 5.75 Å². The van der Waals surface area contributed by atoms with Gasteiger partial charge >= 0.3 is 0 Å². The minimum absolute atomic E-state index is 0.140. The van der Waals surface area contributed by atoms with E-state index in [2.05, 4.69) is 5.32 Å². The standard InChI is InChI=1S/C19H21ClN2O3/c1-12-9-13(2)19(15(20)10-12)21-18(24)11-22(14(3)23)16-7-5-6-8-17(16)25-4/h5-10H,11H2,1-4H3,(H,21,24). The summed E-state index contributed by atoms with van der Waals surface area (Å²) in [6.45, 7) is 5.07. The Hall–Kier alpha value is -2.53. The lowest BCUT2D eigenvalue weighted by Gasteiger charge is -2.23. The molecule has 0 unspecified atom stereocenters. The number of para-hydroxylation sites is 2. The Kier molecular flexibility index (Phi) is 6.04. The summed E-state index contributed by atoms with van der Waals surface area (Å²) >= 11 is 6.23. The lowest BCUT2D eigenvalue weighted by Crippen LogP contribution is -2.37. The third-order valence-electron chi connectivity index (χ3n) is 3.75. The second-order valence-corrected chi connectivity index (χ2v) is 6.17. The molecular formula is C19H21ClN2O3. The van der Waals surface area contributed by atoms with Gasteiger partial charge in [0.15, 0.2) is 0 Å². The zero-order chi connectivity index (χ0) is 18.6. The minimum atomic E-state index is -0.338. The average Bonchev–Trinajstić information content (AvgIpc) is 2.55. The maximum Gasteiger partial charge on any atom is 0.244 e. The number of aryl methyl sites for hydroxylation is 2. The number of carbonyl (C=O) groups is 2. The molecule has 0 aliphatic heterocycles. The van der Waals surface area contributed by atoms with Crippen LogP contribution in [0.5, 0.6) is 5.75 Å². The van der Waals surface area contributed by atoms with E-state index < -0.39 is 0 Å². The van der Waals surface area contributed by atoms with Gasteiger partial charge in [-0.1, -0.05) is 29.8 Å². The van der Waals surface area contributed by atoms with E-state index in [-0.39, 0.29) is 18.4 Å². The fourth-order valence-electron chi connectivity index (χ4n) is 2.62. The van der Waals surface area contributed by atoms with Gasteiger partial charge in [0.05, 0.1) is 23.5 Å². The molecule has 0 spiro atoms. The van der Waals surface area contributed by atoms with Gasteiger partial charge in [0.1, 0.15) is 12.3 Å². The largest absolute Gasteiger partial charge is 0.495 e.